The maximum absolute atomic E-state index is 12.6. The first-order valence-corrected chi connectivity index (χ1v) is 8.18. The minimum absolute atomic E-state index is 0.246. The Labute approximate surface area is 138 Å². The van der Waals surface area contributed by atoms with Crippen LogP contribution in [0.3, 0.4) is 0 Å². The lowest BCUT2D eigenvalue weighted by Gasteiger charge is -2.11. The van der Waals surface area contributed by atoms with Gasteiger partial charge in [-0.2, -0.15) is 0 Å². The molecule has 3 rings (SSSR count). The Balaban J connectivity index is 2.10. The van der Waals surface area contributed by atoms with E-state index >= 15 is 0 Å². The Morgan fingerprint density at radius 2 is 1.87 bits per heavy atom. The van der Waals surface area contributed by atoms with Gasteiger partial charge in [0.05, 0.1) is 11.1 Å². The van der Waals surface area contributed by atoms with Gasteiger partial charge in [-0.15, -0.1) is 11.3 Å². The van der Waals surface area contributed by atoms with E-state index < -0.39 is 0 Å². The van der Waals surface area contributed by atoms with Gasteiger partial charge in [0.1, 0.15) is 0 Å². The van der Waals surface area contributed by atoms with E-state index in [4.69, 9.17) is 0 Å². The number of para-hydroxylation sites is 1. The number of nitrogens with zero attached hydrogens (tertiary/aromatic N) is 1. The van der Waals surface area contributed by atoms with E-state index in [9.17, 15) is 9.59 Å². The van der Waals surface area contributed by atoms with Crippen LogP contribution >= 0.6 is 11.3 Å². The van der Waals surface area contributed by atoms with Crippen LogP contribution in [0.5, 0.6) is 0 Å². The molecule has 23 heavy (non-hydrogen) atoms. The molecule has 0 saturated heterocycles. The molecule has 0 aliphatic rings. The zero-order chi connectivity index (χ0) is 16.6. The topological polar surface area (TPSA) is 39.1 Å². The number of carbonyl (C=O) groups excluding carboxylic acids is 1. The molecular formula is C19H17NO2S. The monoisotopic (exact) mass is 323 g/mol. The van der Waals surface area contributed by atoms with Gasteiger partial charge >= 0.3 is 0 Å². The molecule has 0 radical (unpaired) electrons. The number of carbonyl (C=O) groups is 1. The maximum atomic E-state index is 12.6. The summed E-state index contributed by atoms with van der Waals surface area (Å²) in [5.41, 5.74) is 1.57. The minimum atomic E-state index is -0.252. The predicted molar refractivity (Wildman–Crippen MR) is 96.3 cm³/mol. The lowest BCUT2D eigenvalue weighted by molar-refractivity contribution is 0.104. The van der Waals surface area contributed by atoms with Crippen LogP contribution < -0.4 is 5.56 Å². The van der Waals surface area contributed by atoms with Gasteiger partial charge in [-0.05, 0) is 49.8 Å². The number of rotatable bonds is 3. The molecule has 0 amide bonds. The molecule has 3 aromatic rings. The van der Waals surface area contributed by atoms with E-state index in [0.29, 0.717) is 0 Å². The maximum Gasteiger partial charge on any atom is 0.262 e. The number of fused-ring (bicyclic) bond motifs is 1. The quantitative estimate of drug-likeness (QED) is 0.537. The lowest BCUT2D eigenvalue weighted by Crippen LogP contribution is -2.25. The summed E-state index contributed by atoms with van der Waals surface area (Å²) in [4.78, 5) is 27.3. The second-order valence-electron chi connectivity index (χ2n) is 5.53. The summed E-state index contributed by atoms with van der Waals surface area (Å²) in [6.45, 7) is 3.85. The molecule has 0 spiro atoms. The summed E-state index contributed by atoms with van der Waals surface area (Å²) in [5, 5.41) is 0.929. The third-order valence-corrected chi connectivity index (χ3v) is 4.94. The second-order valence-corrected chi connectivity index (χ2v) is 6.85. The smallest absolute Gasteiger partial charge is 0.262 e. The van der Waals surface area contributed by atoms with E-state index in [1.54, 1.807) is 29.0 Å². The number of pyridine rings is 1. The van der Waals surface area contributed by atoms with Gasteiger partial charge in [-0.25, -0.2) is 0 Å². The van der Waals surface area contributed by atoms with Crippen LogP contribution in [0.4, 0.5) is 0 Å². The fourth-order valence-corrected chi connectivity index (χ4v) is 3.51. The van der Waals surface area contributed by atoms with Crippen molar-refractivity contribution in [1.82, 2.24) is 4.57 Å². The van der Waals surface area contributed by atoms with Crippen molar-refractivity contribution in [3.8, 4) is 0 Å². The lowest BCUT2D eigenvalue weighted by atomic mass is 10.0. The second kappa shape index (κ2) is 5.97. The van der Waals surface area contributed by atoms with E-state index in [1.165, 1.54) is 11.0 Å². The number of aryl methyl sites for hydroxylation is 3. The zero-order valence-electron chi connectivity index (χ0n) is 13.3. The standard InChI is InChI=1S/C19H17NO2S/c1-12-8-9-14(23-12)10-11-17(21)18-13(2)15-6-4-5-7-16(15)20(3)19(18)22/h4-11H,1-3H3/b11-10+. The molecule has 0 aliphatic heterocycles. The molecule has 4 heteroatoms. The fraction of sp³-hybridized carbons (Fsp3) is 0.158. The first kappa shape index (κ1) is 15.4. The molecule has 0 atom stereocenters. The van der Waals surface area contributed by atoms with Crippen LogP contribution in [0.15, 0.2) is 47.3 Å². The van der Waals surface area contributed by atoms with E-state index in [2.05, 4.69) is 0 Å². The van der Waals surface area contributed by atoms with Crippen LogP contribution in [0.2, 0.25) is 0 Å². The number of aromatic nitrogens is 1. The largest absolute Gasteiger partial charge is 0.311 e. The predicted octanol–water partition coefficient (Wildman–Crippen LogP) is 4.11. The van der Waals surface area contributed by atoms with Crippen LogP contribution in [-0.2, 0) is 7.05 Å². The minimum Gasteiger partial charge on any atom is -0.311 e. The number of ketones is 1. The molecule has 0 fully saturated rings. The summed E-state index contributed by atoms with van der Waals surface area (Å²) in [6.07, 6.45) is 3.26. The Morgan fingerprint density at radius 3 is 2.57 bits per heavy atom. The molecule has 0 N–H and O–H groups in total. The summed E-state index contributed by atoms with van der Waals surface area (Å²) < 4.78 is 1.54. The Hall–Kier alpha value is -2.46. The molecule has 0 bridgehead atoms. The molecule has 3 nitrogen and oxygen atoms in total. The van der Waals surface area contributed by atoms with Gasteiger partial charge in [0, 0.05) is 22.2 Å². The van der Waals surface area contributed by atoms with Crippen molar-refractivity contribution in [2.75, 3.05) is 0 Å². The third-order valence-electron chi connectivity index (χ3n) is 3.97. The van der Waals surface area contributed by atoms with E-state index in [1.807, 2.05) is 50.2 Å². The summed E-state index contributed by atoms with van der Waals surface area (Å²) in [7, 11) is 1.70. The fourth-order valence-electron chi connectivity index (χ4n) is 2.73. The molecule has 2 heterocycles. The van der Waals surface area contributed by atoms with Crippen molar-refractivity contribution in [3.05, 3.63) is 73.7 Å². The SMILES string of the molecule is Cc1ccc(/C=C/C(=O)c2c(C)c3ccccc3n(C)c2=O)s1. The van der Waals surface area contributed by atoms with Crippen LogP contribution in [-0.4, -0.2) is 10.4 Å². The first-order chi connectivity index (χ1) is 11.0. The zero-order valence-corrected chi connectivity index (χ0v) is 14.1. The van der Waals surface area contributed by atoms with Crippen LogP contribution in [0, 0.1) is 13.8 Å². The van der Waals surface area contributed by atoms with Crippen LogP contribution in [0.25, 0.3) is 17.0 Å². The summed E-state index contributed by atoms with van der Waals surface area (Å²) >= 11 is 1.62. The molecule has 0 aliphatic carbocycles. The van der Waals surface area contributed by atoms with Gasteiger partial charge in [0.25, 0.3) is 5.56 Å². The Kier molecular flexibility index (Phi) is 4.01. The highest BCUT2D eigenvalue weighted by Gasteiger charge is 2.16. The van der Waals surface area contributed by atoms with Gasteiger partial charge in [-0.1, -0.05) is 18.2 Å². The number of hydrogen-bond donors (Lipinski definition) is 0. The van der Waals surface area contributed by atoms with Crippen molar-refractivity contribution in [2.45, 2.75) is 13.8 Å². The third kappa shape index (κ3) is 2.78. The Bertz CT molecular complexity index is 992. The van der Waals surface area contributed by atoms with Gasteiger partial charge in [0.15, 0.2) is 5.78 Å². The highest BCUT2D eigenvalue weighted by molar-refractivity contribution is 7.12. The number of hydrogen-bond acceptors (Lipinski definition) is 3. The average molecular weight is 323 g/mol. The summed E-state index contributed by atoms with van der Waals surface area (Å²) in [6, 6.07) is 11.6. The Morgan fingerprint density at radius 1 is 1.13 bits per heavy atom. The average Bonchev–Trinajstić information content (AvgIpc) is 2.96. The van der Waals surface area contributed by atoms with Gasteiger partial charge in [-0.3, -0.25) is 9.59 Å². The van der Waals surface area contributed by atoms with Crippen molar-refractivity contribution in [2.24, 2.45) is 7.05 Å². The highest BCUT2D eigenvalue weighted by atomic mass is 32.1. The van der Waals surface area contributed by atoms with Crippen LogP contribution in [0.1, 0.15) is 25.7 Å². The first-order valence-electron chi connectivity index (χ1n) is 7.36. The van der Waals surface area contributed by atoms with Crippen molar-refractivity contribution < 1.29 is 4.79 Å². The normalized spacial score (nSPS) is 11.4. The molecule has 1 aromatic carbocycles. The van der Waals surface area contributed by atoms with E-state index in [-0.39, 0.29) is 16.9 Å². The number of benzene rings is 1. The molecule has 116 valence electrons. The van der Waals surface area contributed by atoms with Gasteiger partial charge in [0.2, 0.25) is 0 Å². The van der Waals surface area contributed by atoms with E-state index in [0.717, 1.165) is 21.3 Å². The van der Waals surface area contributed by atoms with Crippen molar-refractivity contribution in [3.63, 3.8) is 0 Å². The molecule has 0 unspecified atom stereocenters. The highest BCUT2D eigenvalue weighted by Crippen LogP contribution is 2.20. The summed E-state index contributed by atoms with van der Waals surface area (Å²) in [5.74, 6) is -0.250. The van der Waals surface area contributed by atoms with Gasteiger partial charge < -0.3 is 4.57 Å². The molecular weight excluding hydrogens is 306 g/mol. The number of thiophene rings is 1. The number of allylic oxidation sites excluding steroid dienone is 1. The van der Waals surface area contributed by atoms with Crippen molar-refractivity contribution in [1.29, 1.82) is 0 Å². The molecule has 2 aromatic heterocycles. The molecule has 0 saturated carbocycles. The van der Waals surface area contributed by atoms with Crippen molar-refractivity contribution >= 4 is 34.1 Å².